The van der Waals surface area contributed by atoms with Crippen LogP contribution in [0.5, 0.6) is 11.5 Å². The molecule has 32 heavy (non-hydrogen) atoms. The van der Waals surface area contributed by atoms with Gasteiger partial charge in [0.15, 0.2) is 0 Å². The fraction of sp³-hybridized carbons (Fsp3) is 0.267. The quantitative estimate of drug-likeness (QED) is 0.533. The monoisotopic (exact) mass is 420 g/mol. The molecule has 2 rings (SSSR count). The summed E-state index contributed by atoms with van der Waals surface area (Å²) >= 11 is 0. The maximum atomic E-state index is 5.17. The summed E-state index contributed by atoms with van der Waals surface area (Å²) in [7, 11) is 3.30. The summed E-state index contributed by atoms with van der Waals surface area (Å²) in [5.74, 6) is 26.1. The highest BCUT2D eigenvalue weighted by molar-refractivity contribution is 5.50. The van der Waals surface area contributed by atoms with Crippen molar-refractivity contribution in [3.63, 3.8) is 0 Å². The molecule has 0 N–H and O–H groups in total. The Bertz CT molecular complexity index is 1060. The second-order valence-electron chi connectivity index (χ2n) is 6.91. The number of rotatable bonds is 6. The molecule has 2 heteroatoms. The van der Waals surface area contributed by atoms with Crippen molar-refractivity contribution in [1.82, 2.24) is 0 Å². The molecule has 0 spiro atoms. The molecule has 0 aromatic heterocycles. The molecule has 160 valence electrons. The Labute approximate surface area is 193 Å². The van der Waals surface area contributed by atoms with Gasteiger partial charge in [0.1, 0.15) is 11.5 Å². The van der Waals surface area contributed by atoms with Crippen molar-refractivity contribution in [2.24, 2.45) is 0 Å². The van der Waals surface area contributed by atoms with Crippen molar-refractivity contribution >= 4 is 0 Å². The summed E-state index contributed by atoms with van der Waals surface area (Å²) in [6.07, 6.45) is 3.77. The van der Waals surface area contributed by atoms with E-state index in [4.69, 9.17) is 9.47 Å². The molecule has 0 radical (unpaired) electrons. The van der Waals surface area contributed by atoms with Crippen LogP contribution in [0.3, 0.4) is 0 Å². The number of allylic oxidation sites excluding steroid dienone is 2. The number of methoxy groups -OCH3 is 2. The first kappa shape index (κ1) is 24.3. The van der Waals surface area contributed by atoms with Crippen LogP contribution in [0.15, 0.2) is 59.7 Å². The summed E-state index contributed by atoms with van der Waals surface area (Å²) in [5, 5.41) is 0. The van der Waals surface area contributed by atoms with Crippen LogP contribution in [0.25, 0.3) is 0 Å². The minimum absolute atomic E-state index is 0.813. The minimum Gasteiger partial charge on any atom is -0.497 e. The van der Waals surface area contributed by atoms with Crippen LogP contribution in [0.1, 0.15) is 50.7 Å². The Hall–Kier alpha value is -3.98. The van der Waals surface area contributed by atoms with E-state index in [1.807, 2.05) is 48.5 Å². The lowest BCUT2D eigenvalue weighted by Crippen LogP contribution is -1.89. The van der Waals surface area contributed by atoms with Crippen LogP contribution in [-0.2, 0) is 0 Å². The van der Waals surface area contributed by atoms with E-state index >= 15 is 0 Å². The van der Waals surface area contributed by atoms with Gasteiger partial charge in [-0.1, -0.05) is 50.4 Å². The van der Waals surface area contributed by atoms with Crippen molar-refractivity contribution in [3.05, 3.63) is 70.8 Å². The molecule has 2 nitrogen and oxygen atoms in total. The standard InChI is InChI=1S/C30H28O2/c1-5-11-27(15-9-7-13-25-17-21-29(31-3)22-18-25)28(12-6-2)16-10-8-14-26-19-23-30(32-4)24-20-26/h17-24H,5-6,11-12H2,1-4H3/b28-27+. The number of ether oxygens (including phenoxy) is 2. The van der Waals surface area contributed by atoms with Gasteiger partial charge >= 0.3 is 0 Å². The SMILES string of the molecule is CCC/C(C#CC#Cc1ccc(OC)cc1)=C(\C#CC#Cc1ccc(OC)cc1)CCC. The maximum Gasteiger partial charge on any atom is 0.118 e. The van der Waals surface area contributed by atoms with E-state index in [1.165, 1.54) is 0 Å². The largest absolute Gasteiger partial charge is 0.497 e. The zero-order valence-electron chi connectivity index (χ0n) is 19.3. The van der Waals surface area contributed by atoms with Gasteiger partial charge in [-0.2, -0.15) is 0 Å². The predicted molar refractivity (Wildman–Crippen MR) is 132 cm³/mol. The average Bonchev–Trinajstić information content (AvgIpc) is 2.84. The Kier molecular flexibility index (Phi) is 10.7. The second kappa shape index (κ2) is 14.1. The van der Waals surface area contributed by atoms with E-state index in [1.54, 1.807) is 14.2 Å². The third-order valence-corrected chi connectivity index (χ3v) is 4.51. The molecule has 0 atom stereocenters. The molecule has 0 amide bonds. The molecule has 0 aliphatic carbocycles. The van der Waals surface area contributed by atoms with Crippen molar-refractivity contribution in [1.29, 1.82) is 0 Å². The van der Waals surface area contributed by atoms with Crippen molar-refractivity contribution in [2.45, 2.75) is 39.5 Å². The zero-order chi connectivity index (χ0) is 23.0. The van der Waals surface area contributed by atoms with Gasteiger partial charge in [-0.05, 0) is 85.1 Å². The first-order valence-electron chi connectivity index (χ1n) is 10.7. The molecule has 0 heterocycles. The third kappa shape index (κ3) is 8.41. The van der Waals surface area contributed by atoms with E-state index in [0.29, 0.717) is 0 Å². The molecule has 0 fully saturated rings. The lowest BCUT2D eigenvalue weighted by molar-refractivity contribution is 0.414. The smallest absolute Gasteiger partial charge is 0.118 e. The van der Waals surface area contributed by atoms with Crippen LogP contribution >= 0.6 is 0 Å². The van der Waals surface area contributed by atoms with Crippen LogP contribution in [0.4, 0.5) is 0 Å². The third-order valence-electron chi connectivity index (χ3n) is 4.51. The van der Waals surface area contributed by atoms with Gasteiger partial charge in [-0.25, -0.2) is 0 Å². The molecular weight excluding hydrogens is 392 g/mol. The maximum absolute atomic E-state index is 5.17. The highest BCUT2D eigenvalue weighted by atomic mass is 16.5. The molecule has 0 aliphatic heterocycles. The number of hydrogen-bond donors (Lipinski definition) is 0. The van der Waals surface area contributed by atoms with Crippen molar-refractivity contribution in [3.8, 4) is 58.9 Å². The molecular formula is C30H28O2. The summed E-state index contributed by atoms with van der Waals surface area (Å²) in [6, 6.07) is 15.3. The molecule has 2 aromatic carbocycles. The summed E-state index contributed by atoms with van der Waals surface area (Å²) in [6.45, 7) is 4.29. The van der Waals surface area contributed by atoms with Gasteiger partial charge in [0.25, 0.3) is 0 Å². The minimum atomic E-state index is 0.813. The van der Waals surface area contributed by atoms with E-state index in [-0.39, 0.29) is 0 Å². The summed E-state index contributed by atoms with van der Waals surface area (Å²) in [5.41, 5.74) is 3.92. The normalized spacial score (nSPS) is 9.88. The predicted octanol–water partition coefficient (Wildman–Crippen LogP) is 6.01. The molecule has 0 aliphatic rings. The Morgan fingerprint density at radius 3 is 1.28 bits per heavy atom. The van der Waals surface area contributed by atoms with Gasteiger partial charge in [0.2, 0.25) is 0 Å². The van der Waals surface area contributed by atoms with E-state index in [2.05, 4.69) is 61.2 Å². The van der Waals surface area contributed by atoms with Crippen LogP contribution in [0, 0.1) is 47.4 Å². The van der Waals surface area contributed by atoms with Gasteiger partial charge in [0.05, 0.1) is 14.2 Å². The fourth-order valence-corrected chi connectivity index (χ4v) is 2.85. The fourth-order valence-electron chi connectivity index (χ4n) is 2.85. The van der Waals surface area contributed by atoms with Gasteiger partial charge in [-0.3, -0.25) is 0 Å². The summed E-state index contributed by atoms with van der Waals surface area (Å²) in [4.78, 5) is 0. The van der Waals surface area contributed by atoms with E-state index in [9.17, 15) is 0 Å². The van der Waals surface area contributed by atoms with E-state index < -0.39 is 0 Å². The van der Waals surface area contributed by atoms with Crippen LogP contribution in [-0.4, -0.2) is 14.2 Å². The van der Waals surface area contributed by atoms with Gasteiger partial charge in [0, 0.05) is 22.3 Å². The highest BCUT2D eigenvalue weighted by Crippen LogP contribution is 2.15. The second-order valence-corrected chi connectivity index (χ2v) is 6.91. The molecule has 0 bridgehead atoms. The van der Waals surface area contributed by atoms with Crippen LogP contribution < -0.4 is 9.47 Å². The van der Waals surface area contributed by atoms with Gasteiger partial charge < -0.3 is 9.47 Å². The highest BCUT2D eigenvalue weighted by Gasteiger charge is 2.01. The lowest BCUT2D eigenvalue weighted by Gasteiger charge is -2.02. The van der Waals surface area contributed by atoms with Gasteiger partial charge in [-0.15, -0.1) is 0 Å². The van der Waals surface area contributed by atoms with E-state index in [0.717, 1.165) is 59.5 Å². The summed E-state index contributed by atoms with van der Waals surface area (Å²) < 4.78 is 10.3. The van der Waals surface area contributed by atoms with Crippen molar-refractivity contribution in [2.75, 3.05) is 14.2 Å². The topological polar surface area (TPSA) is 18.5 Å². The molecule has 0 saturated carbocycles. The first-order valence-corrected chi connectivity index (χ1v) is 10.7. The number of benzene rings is 2. The van der Waals surface area contributed by atoms with Crippen LogP contribution in [0.2, 0.25) is 0 Å². The first-order chi connectivity index (χ1) is 15.7. The average molecular weight is 421 g/mol. The van der Waals surface area contributed by atoms with Crippen molar-refractivity contribution < 1.29 is 9.47 Å². The lowest BCUT2D eigenvalue weighted by atomic mass is 10.0. The molecule has 2 aromatic rings. The zero-order valence-corrected chi connectivity index (χ0v) is 19.3. The Morgan fingerprint density at radius 1 is 0.594 bits per heavy atom. The molecule has 0 unspecified atom stereocenters. The number of hydrogen-bond acceptors (Lipinski definition) is 2. The molecule has 0 saturated heterocycles. The Balaban J connectivity index is 2.22. The Morgan fingerprint density at radius 2 is 0.969 bits per heavy atom.